The van der Waals surface area contributed by atoms with Gasteiger partial charge in [0.05, 0.1) is 60.7 Å². The molecule has 0 amide bonds. The highest BCUT2D eigenvalue weighted by Gasteiger charge is 2.29. The van der Waals surface area contributed by atoms with Gasteiger partial charge in [0.1, 0.15) is 33.4 Å². The Hall–Kier alpha value is -15.9. The molecule has 0 aliphatic heterocycles. The van der Waals surface area contributed by atoms with E-state index in [1.54, 1.807) is 0 Å². The molecule has 0 aliphatic carbocycles. The highest BCUT2D eigenvalue weighted by molar-refractivity contribution is 6.32. The van der Waals surface area contributed by atoms with Gasteiger partial charge in [-0.25, -0.2) is 24.9 Å². The normalized spacial score (nSPS) is 12.5. The van der Waals surface area contributed by atoms with Gasteiger partial charge in [0.2, 0.25) is 0 Å². The Morgan fingerprint density at radius 3 is 1.25 bits per heavy atom. The van der Waals surface area contributed by atoms with E-state index in [1.807, 2.05) is 72.8 Å². The van der Waals surface area contributed by atoms with Gasteiger partial charge in [0.25, 0.3) is 0 Å². The van der Waals surface area contributed by atoms with Crippen molar-refractivity contribution in [2.45, 2.75) is 0 Å². The van der Waals surface area contributed by atoms with Crippen LogP contribution in [0.1, 0.15) is 0 Å². The van der Waals surface area contributed by atoms with E-state index in [1.165, 1.54) is 92.8 Å². The van der Waals surface area contributed by atoms with Crippen LogP contribution in [0.2, 0.25) is 0 Å². The second kappa shape index (κ2) is 22.9. The zero-order valence-electron chi connectivity index (χ0n) is 61.6. The van der Waals surface area contributed by atoms with Gasteiger partial charge in [-0.05, 0) is 164 Å². The smallest absolute Gasteiger partial charge is 0.165 e. The van der Waals surface area contributed by atoms with Crippen molar-refractivity contribution in [3.8, 4) is 33.4 Å². The van der Waals surface area contributed by atoms with Crippen LogP contribution in [-0.4, -0.2) is 38.1 Å². The topological polar surface area (TPSA) is 117 Å². The summed E-state index contributed by atoms with van der Waals surface area (Å²) in [5.74, 6) is 0. The van der Waals surface area contributed by atoms with Crippen molar-refractivity contribution >= 4 is 235 Å². The number of pyridine rings is 1. The fourth-order valence-corrected chi connectivity index (χ4v) is 19.5. The average Bonchev–Trinajstić information content (AvgIpc) is 1.53. The maximum Gasteiger partial charge on any atom is 0.165 e. The quantitative estimate of drug-likeness (QED) is 0.172. The van der Waals surface area contributed by atoms with Gasteiger partial charge >= 0.3 is 0 Å². The average molecular weight is 1480 g/mol. The molecular formula is C105H56N8O3. The molecule has 534 valence electrons. The van der Waals surface area contributed by atoms with Gasteiger partial charge in [-0.2, -0.15) is 0 Å². The van der Waals surface area contributed by atoms with E-state index in [0.717, 1.165) is 176 Å². The van der Waals surface area contributed by atoms with E-state index in [4.69, 9.17) is 38.2 Å². The second-order valence-electron chi connectivity index (χ2n) is 30.8. The van der Waals surface area contributed by atoms with Crippen molar-refractivity contribution in [1.29, 1.82) is 0 Å². The number of hydrogen-bond acceptors (Lipinski definition) is 8. The van der Waals surface area contributed by atoms with Gasteiger partial charge in [-0.1, -0.05) is 231 Å². The molecule has 29 rings (SSSR count). The Morgan fingerprint density at radius 1 is 0.181 bits per heavy atom. The molecule has 0 spiro atoms. The first-order valence-electron chi connectivity index (χ1n) is 39.3. The first-order chi connectivity index (χ1) is 57.5. The highest BCUT2D eigenvalue weighted by Crippen LogP contribution is 2.50. The third-order valence-corrected chi connectivity index (χ3v) is 24.7. The molecule has 17 aromatic carbocycles. The van der Waals surface area contributed by atoms with Crippen LogP contribution in [0.4, 0.5) is 0 Å². The Balaban J connectivity index is 0.0000000933. The SMILES string of the molecule is c1ccc(-c2ccc3oc4c(ccc5c6cccc7c8nc9ccccc9nc8n(c67)c54)c3c2)cc1.c1ccc2c(-c3cc4c5ccc6c7ccccc7oc6c5n5c6nc7ccccc7nc6c(c3)c45)cccc2c1.c1ccc2cc(-c3cc4c5cc6ccccc6nc5n5c4c(c3)c3ccc4c6ccccc6oc4c35)ccc2c1. The lowest BCUT2D eigenvalue weighted by Crippen LogP contribution is -1.89. The molecule has 29 aromatic rings. The van der Waals surface area contributed by atoms with Gasteiger partial charge in [0.15, 0.2) is 28.0 Å². The lowest BCUT2D eigenvalue weighted by atomic mass is 9.95. The highest BCUT2D eigenvalue weighted by atomic mass is 16.3. The Morgan fingerprint density at radius 2 is 0.586 bits per heavy atom. The summed E-state index contributed by atoms with van der Waals surface area (Å²) in [4.78, 5) is 25.7. The molecule has 0 bridgehead atoms. The zero-order valence-corrected chi connectivity index (χ0v) is 61.6. The minimum absolute atomic E-state index is 0.858. The molecule has 0 atom stereocenters. The molecule has 12 heterocycles. The van der Waals surface area contributed by atoms with E-state index >= 15 is 0 Å². The van der Waals surface area contributed by atoms with Gasteiger partial charge in [-0.3, -0.25) is 13.2 Å². The van der Waals surface area contributed by atoms with Crippen molar-refractivity contribution in [2.75, 3.05) is 0 Å². The summed E-state index contributed by atoms with van der Waals surface area (Å²) < 4.78 is 26.6. The summed E-state index contributed by atoms with van der Waals surface area (Å²) in [6.45, 7) is 0. The molecule has 0 radical (unpaired) electrons. The molecule has 11 heteroatoms. The summed E-state index contributed by atoms with van der Waals surface area (Å²) in [5.41, 5.74) is 28.3. The molecule has 12 aromatic heterocycles. The lowest BCUT2D eigenvalue weighted by molar-refractivity contribution is 0.671. The van der Waals surface area contributed by atoms with Crippen LogP contribution >= 0.6 is 0 Å². The minimum atomic E-state index is 0.858. The van der Waals surface area contributed by atoms with E-state index in [9.17, 15) is 0 Å². The maximum absolute atomic E-state index is 6.59. The minimum Gasteiger partial charge on any atom is -0.454 e. The summed E-state index contributed by atoms with van der Waals surface area (Å²) in [6, 6.07) is 120. The third kappa shape index (κ3) is 8.50. The largest absolute Gasteiger partial charge is 0.454 e. The molecule has 116 heavy (non-hydrogen) atoms. The predicted molar refractivity (Wildman–Crippen MR) is 478 cm³/mol. The van der Waals surface area contributed by atoms with E-state index in [0.29, 0.717) is 0 Å². The molecule has 0 saturated carbocycles. The number of nitrogens with zero attached hydrogens (tertiary/aromatic N) is 8. The zero-order chi connectivity index (χ0) is 75.3. The Bertz CT molecular complexity index is 9320. The van der Waals surface area contributed by atoms with Crippen LogP contribution in [0.3, 0.4) is 0 Å². The maximum atomic E-state index is 6.59. The number of benzene rings is 17. The fourth-order valence-electron chi connectivity index (χ4n) is 19.5. The first-order valence-corrected chi connectivity index (χ1v) is 39.3. The van der Waals surface area contributed by atoms with Crippen LogP contribution in [0.25, 0.3) is 269 Å². The monoisotopic (exact) mass is 1480 g/mol. The standard InChI is InChI=1S/C37H20N2O.C36H19N3O.C32H17N3O/c1-2-8-22-17-23(14-13-21(22)7-1)25-19-29-27-15-16-28-26-10-4-6-12-33(26)40-36(28)35(27)39-34(29)30(20-25)31-18-24-9-3-5-11-32(24)38-37(31)39;1-2-10-22-20(8-1)9-7-12-23(22)21-18-27-25-16-17-26-24-11-3-6-15-31(24)40-35(26)34(25)39-33(27)28(19-21)32-36(39)38-30-14-5-4-13-29(30)37-32;1-2-7-18(8-3-1)19-13-16-27-24(17-19)22-15-14-21-20-9-6-10-23-28-32(34-26-12-5-4-11-25(26)33-28)35(29(20)23)30(21)31(22)36-27/h1-20H;1-19H;1-17H. The number of furan rings is 3. The number of fused-ring (bicyclic) bond motifs is 35. The van der Waals surface area contributed by atoms with Crippen molar-refractivity contribution in [1.82, 2.24) is 38.1 Å². The lowest BCUT2D eigenvalue weighted by Gasteiger charge is -2.08. The Labute approximate surface area is 655 Å². The number of para-hydroxylation sites is 8. The molecule has 0 saturated heterocycles. The molecule has 0 aliphatic rings. The molecular weight excluding hydrogens is 1420 g/mol. The third-order valence-electron chi connectivity index (χ3n) is 24.7. The van der Waals surface area contributed by atoms with Crippen LogP contribution in [0.15, 0.2) is 353 Å². The van der Waals surface area contributed by atoms with Crippen LogP contribution < -0.4 is 0 Å². The van der Waals surface area contributed by atoms with E-state index in [2.05, 4.69) is 280 Å². The second-order valence-corrected chi connectivity index (χ2v) is 30.8. The van der Waals surface area contributed by atoms with Crippen molar-refractivity contribution in [3.63, 3.8) is 0 Å². The van der Waals surface area contributed by atoms with Gasteiger partial charge in [0, 0.05) is 91.6 Å². The van der Waals surface area contributed by atoms with Crippen molar-refractivity contribution in [2.24, 2.45) is 0 Å². The number of hydrogen-bond donors (Lipinski definition) is 0. The van der Waals surface area contributed by atoms with Crippen molar-refractivity contribution in [3.05, 3.63) is 340 Å². The van der Waals surface area contributed by atoms with Gasteiger partial charge < -0.3 is 13.3 Å². The summed E-state index contributed by atoms with van der Waals surface area (Å²) in [7, 11) is 0. The summed E-state index contributed by atoms with van der Waals surface area (Å²) in [6.07, 6.45) is 0. The molecule has 11 nitrogen and oxygen atoms in total. The van der Waals surface area contributed by atoms with Gasteiger partial charge in [-0.15, -0.1) is 0 Å². The van der Waals surface area contributed by atoms with Crippen molar-refractivity contribution < 1.29 is 13.3 Å². The van der Waals surface area contributed by atoms with Crippen LogP contribution in [0.5, 0.6) is 0 Å². The number of aromatic nitrogens is 8. The molecule has 0 N–H and O–H groups in total. The van der Waals surface area contributed by atoms with Crippen LogP contribution in [0, 0.1) is 0 Å². The first kappa shape index (κ1) is 61.9. The van der Waals surface area contributed by atoms with E-state index < -0.39 is 0 Å². The molecule has 0 unspecified atom stereocenters. The predicted octanol–water partition coefficient (Wildman–Crippen LogP) is 28.0. The summed E-state index contributed by atoms with van der Waals surface area (Å²) in [5, 5.41) is 24.6. The van der Waals surface area contributed by atoms with E-state index in [-0.39, 0.29) is 0 Å². The fraction of sp³-hybridized carbons (Fsp3) is 0. The number of rotatable bonds is 3. The Kier molecular flexibility index (Phi) is 12.2. The summed E-state index contributed by atoms with van der Waals surface area (Å²) >= 11 is 0. The molecule has 0 fully saturated rings. The van der Waals surface area contributed by atoms with Crippen LogP contribution in [-0.2, 0) is 0 Å².